The standard InChI is InChI=1S/C20H26N2O4S/c1-4-25-20(24)18-15(16-9-8-14(3)26-16)12-27-19(18)21-17(23)11-22-10-6-5-7-13(22)2/h8-9,12-13H,4-7,10-11H2,1-3H3,(H,21,23)/t13-/m1/s1. The Balaban J connectivity index is 1.80. The van der Waals surface area contributed by atoms with Gasteiger partial charge >= 0.3 is 5.97 Å². The highest BCUT2D eigenvalue weighted by Crippen LogP contribution is 2.37. The maximum absolute atomic E-state index is 12.6. The van der Waals surface area contributed by atoms with Crippen LogP contribution in [0.2, 0.25) is 0 Å². The quantitative estimate of drug-likeness (QED) is 0.744. The number of likely N-dealkylation sites (tertiary alicyclic amines) is 1. The van der Waals surface area contributed by atoms with E-state index in [2.05, 4.69) is 17.1 Å². The summed E-state index contributed by atoms with van der Waals surface area (Å²) in [5.41, 5.74) is 1.00. The zero-order chi connectivity index (χ0) is 19.4. The molecule has 0 aliphatic carbocycles. The highest BCUT2D eigenvalue weighted by Gasteiger charge is 2.26. The molecule has 0 saturated carbocycles. The molecule has 146 valence electrons. The van der Waals surface area contributed by atoms with Gasteiger partial charge in [0.15, 0.2) is 0 Å². The normalized spacial score (nSPS) is 17.7. The van der Waals surface area contributed by atoms with Crippen LogP contribution in [0.15, 0.2) is 21.9 Å². The summed E-state index contributed by atoms with van der Waals surface area (Å²) < 4.78 is 10.9. The molecule has 1 N–H and O–H groups in total. The summed E-state index contributed by atoms with van der Waals surface area (Å²) in [7, 11) is 0. The maximum Gasteiger partial charge on any atom is 0.341 e. The molecule has 1 aliphatic rings. The van der Waals surface area contributed by atoms with Crippen LogP contribution in [0, 0.1) is 6.92 Å². The van der Waals surface area contributed by atoms with Crippen LogP contribution in [0.1, 0.15) is 49.2 Å². The summed E-state index contributed by atoms with van der Waals surface area (Å²) in [6, 6.07) is 4.07. The number of furan rings is 1. The topological polar surface area (TPSA) is 71.8 Å². The number of hydrogen-bond acceptors (Lipinski definition) is 6. The van der Waals surface area contributed by atoms with Gasteiger partial charge in [-0.3, -0.25) is 9.69 Å². The van der Waals surface area contributed by atoms with Gasteiger partial charge in [-0.15, -0.1) is 11.3 Å². The summed E-state index contributed by atoms with van der Waals surface area (Å²) in [5.74, 6) is 0.787. The van der Waals surface area contributed by atoms with E-state index in [1.54, 1.807) is 6.92 Å². The van der Waals surface area contributed by atoms with Crippen LogP contribution in [-0.2, 0) is 9.53 Å². The second kappa shape index (κ2) is 8.71. The highest BCUT2D eigenvalue weighted by atomic mass is 32.1. The molecule has 0 spiro atoms. The Bertz CT molecular complexity index is 811. The lowest BCUT2D eigenvalue weighted by atomic mass is 10.0. The zero-order valence-corrected chi connectivity index (χ0v) is 16.9. The Labute approximate surface area is 163 Å². The van der Waals surface area contributed by atoms with E-state index < -0.39 is 5.97 Å². The third kappa shape index (κ3) is 4.59. The largest absolute Gasteiger partial charge is 0.462 e. The minimum Gasteiger partial charge on any atom is -0.462 e. The van der Waals surface area contributed by atoms with Crippen molar-refractivity contribution in [1.82, 2.24) is 4.90 Å². The van der Waals surface area contributed by atoms with E-state index in [1.807, 2.05) is 24.4 Å². The summed E-state index contributed by atoms with van der Waals surface area (Å²) in [6.45, 7) is 7.29. The van der Waals surface area contributed by atoms with E-state index in [4.69, 9.17) is 9.15 Å². The van der Waals surface area contributed by atoms with Gasteiger partial charge in [0.1, 0.15) is 22.1 Å². The van der Waals surface area contributed by atoms with Crippen LogP contribution < -0.4 is 5.32 Å². The molecule has 1 saturated heterocycles. The molecule has 2 aromatic rings. The highest BCUT2D eigenvalue weighted by molar-refractivity contribution is 7.15. The average molecular weight is 391 g/mol. The Hall–Kier alpha value is -2.12. The number of aryl methyl sites for hydroxylation is 1. The lowest BCUT2D eigenvalue weighted by molar-refractivity contribution is -0.118. The molecule has 27 heavy (non-hydrogen) atoms. The third-order valence-electron chi connectivity index (χ3n) is 4.82. The van der Waals surface area contributed by atoms with E-state index in [0.717, 1.165) is 25.1 Å². The van der Waals surface area contributed by atoms with Gasteiger partial charge in [-0.25, -0.2) is 4.79 Å². The van der Waals surface area contributed by atoms with E-state index in [0.29, 0.717) is 34.5 Å². The van der Waals surface area contributed by atoms with E-state index in [-0.39, 0.29) is 12.5 Å². The molecule has 3 heterocycles. The van der Waals surface area contributed by atoms with E-state index in [9.17, 15) is 9.59 Å². The zero-order valence-electron chi connectivity index (χ0n) is 16.0. The fourth-order valence-electron chi connectivity index (χ4n) is 3.36. The average Bonchev–Trinajstić information content (AvgIpc) is 3.23. The number of piperidine rings is 1. The van der Waals surface area contributed by atoms with Crippen molar-refractivity contribution in [2.75, 3.05) is 25.0 Å². The fraction of sp³-hybridized carbons (Fsp3) is 0.500. The molecule has 1 aliphatic heterocycles. The lowest BCUT2D eigenvalue weighted by Gasteiger charge is -2.32. The molecular weight excluding hydrogens is 364 g/mol. The maximum atomic E-state index is 12.6. The van der Waals surface area contributed by atoms with Gasteiger partial charge in [0.05, 0.1) is 13.2 Å². The van der Waals surface area contributed by atoms with Crippen molar-refractivity contribution in [3.8, 4) is 11.3 Å². The summed E-state index contributed by atoms with van der Waals surface area (Å²) in [6.07, 6.45) is 3.44. The van der Waals surface area contributed by atoms with Crippen LogP contribution >= 0.6 is 11.3 Å². The van der Waals surface area contributed by atoms with Gasteiger partial charge in [0.25, 0.3) is 0 Å². The van der Waals surface area contributed by atoms with Crippen LogP contribution in [0.4, 0.5) is 5.00 Å². The number of amides is 1. The summed E-state index contributed by atoms with van der Waals surface area (Å²) >= 11 is 1.31. The molecule has 7 heteroatoms. The number of ether oxygens (including phenoxy) is 1. The number of rotatable bonds is 6. The minimum absolute atomic E-state index is 0.113. The monoisotopic (exact) mass is 390 g/mol. The van der Waals surface area contributed by atoms with Crippen LogP contribution in [0.5, 0.6) is 0 Å². The van der Waals surface area contributed by atoms with Crippen molar-refractivity contribution in [1.29, 1.82) is 0 Å². The first-order valence-electron chi connectivity index (χ1n) is 9.39. The van der Waals surface area contributed by atoms with Crippen molar-refractivity contribution in [3.63, 3.8) is 0 Å². The molecule has 0 aromatic carbocycles. The van der Waals surface area contributed by atoms with Crippen molar-refractivity contribution >= 4 is 28.2 Å². The Kier molecular flexibility index (Phi) is 6.34. The first-order valence-corrected chi connectivity index (χ1v) is 10.3. The molecule has 1 fully saturated rings. The van der Waals surface area contributed by atoms with Crippen LogP contribution in [0.3, 0.4) is 0 Å². The lowest BCUT2D eigenvalue weighted by Crippen LogP contribution is -2.42. The number of carbonyl (C=O) groups is 2. The van der Waals surface area contributed by atoms with E-state index in [1.165, 1.54) is 17.8 Å². The number of thiophene rings is 1. The Morgan fingerprint density at radius 1 is 1.37 bits per heavy atom. The molecule has 2 aromatic heterocycles. The molecule has 1 atom stereocenters. The predicted octanol–water partition coefficient (Wildman–Crippen LogP) is 4.31. The van der Waals surface area contributed by atoms with Crippen molar-refractivity contribution in [2.24, 2.45) is 0 Å². The summed E-state index contributed by atoms with van der Waals surface area (Å²) in [4.78, 5) is 27.3. The van der Waals surface area contributed by atoms with Gasteiger partial charge in [0, 0.05) is 17.0 Å². The third-order valence-corrected chi connectivity index (χ3v) is 5.71. The van der Waals surface area contributed by atoms with E-state index >= 15 is 0 Å². The number of hydrogen-bond donors (Lipinski definition) is 1. The van der Waals surface area contributed by atoms with Crippen LogP contribution in [0.25, 0.3) is 11.3 Å². The Morgan fingerprint density at radius 2 is 2.19 bits per heavy atom. The molecule has 0 bridgehead atoms. The van der Waals surface area contributed by atoms with Crippen molar-refractivity contribution in [2.45, 2.75) is 46.1 Å². The number of carbonyl (C=O) groups excluding carboxylic acids is 2. The second-order valence-electron chi connectivity index (χ2n) is 6.85. The second-order valence-corrected chi connectivity index (χ2v) is 7.73. The van der Waals surface area contributed by atoms with Gasteiger partial charge in [0.2, 0.25) is 5.91 Å². The number of esters is 1. The number of nitrogens with zero attached hydrogens (tertiary/aromatic N) is 1. The van der Waals surface area contributed by atoms with Gasteiger partial charge < -0.3 is 14.5 Å². The molecule has 6 nitrogen and oxygen atoms in total. The molecule has 1 amide bonds. The van der Waals surface area contributed by atoms with Gasteiger partial charge in [-0.1, -0.05) is 6.42 Å². The van der Waals surface area contributed by atoms with Gasteiger partial charge in [-0.2, -0.15) is 0 Å². The molecule has 0 unspecified atom stereocenters. The van der Waals surface area contributed by atoms with Crippen molar-refractivity contribution in [3.05, 3.63) is 28.8 Å². The predicted molar refractivity (Wildman–Crippen MR) is 106 cm³/mol. The first-order chi connectivity index (χ1) is 13.0. The summed E-state index contributed by atoms with van der Waals surface area (Å²) in [5, 5.41) is 5.24. The van der Waals surface area contributed by atoms with Crippen molar-refractivity contribution < 1.29 is 18.7 Å². The smallest absolute Gasteiger partial charge is 0.341 e. The number of nitrogens with one attached hydrogen (secondary N) is 1. The van der Waals surface area contributed by atoms with Gasteiger partial charge in [-0.05, 0) is 52.3 Å². The first kappa shape index (κ1) is 19.6. The molecule has 0 radical (unpaired) electrons. The molecular formula is C20H26N2O4S. The fourth-order valence-corrected chi connectivity index (χ4v) is 4.31. The van der Waals surface area contributed by atoms with Crippen LogP contribution in [-0.4, -0.2) is 42.5 Å². The Morgan fingerprint density at radius 3 is 2.85 bits per heavy atom. The minimum atomic E-state index is -0.454. The SMILES string of the molecule is CCOC(=O)c1c(-c2ccc(C)o2)csc1NC(=O)CN1CCCC[C@H]1C. The molecule has 3 rings (SSSR count). The number of anilines is 1.